The standard InChI is InChI=1S/C15H10ClN3OS/c16-12-5-3-11(4-6-12)14-18-19-15(21-14)17-9-10-1-7-13(20)8-2-10/h1-9,20H/b17-9+. The Balaban J connectivity index is 1.78. The summed E-state index contributed by atoms with van der Waals surface area (Å²) in [5, 5.41) is 19.4. The maximum Gasteiger partial charge on any atom is 0.231 e. The van der Waals surface area contributed by atoms with Crippen molar-refractivity contribution in [2.45, 2.75) is 0 Å². The lowest BCUT2D eigenvalue weighted by Gasteiger charge is -1.94. The summed E-state index contributed by atoms with van der Waals surface area (Å²) in [6.07, 6.45) is 1.69. The summed E-state index contributed by atoms with van der Waals surface area (Å²) in [5.74, 6) is 0.230. The first-order chi connectivity index (χ1) is 10.2. The van der Waals surface area contributed by atoms with Crippen LogP contribution in [0.3, 0.4) is 0 Å². The number of aliphatic imine (C=N–C) groups is 1. The van der Waals surface area contributed by atoms with Gasteiger partial charge in [0, 0.05) is 16.8 Å². The summed E-state index contributed by atoms with van der Waals surface area (Å²) < 4.78 is 0. The molecule has 0 fully saturated rings. The number of benzene rings is 2. The molecule has 0 radical (unpaired) electrons. The Morgan fingerprint density at radius 2 is 1.71 bits per heavy atom. The van der Waals surface area contributed by atoms with Crippen LogP contribution in [0.1, 0.15) is 5.56 Å². The fraction of sp³-hybridized carbons (Fsp3) is 0. The van der Waals surface area contributed by atoms with Crippen molar-refractivity contribution in [2.75, 3.05) is 0 Å². The highest BCUT2D eigenvalue weighted by molar-refractivity contribution is 7.18. The van der Waals surface area contributed by atoms with Gasteiger partial charge in [-0.3, -0.25) is 0 Å². The molecule has 0 saturated carbocycles. The number of nitrogens with zero attached hydrogens (tertiary/aromatic N) is 3. The summed E-state index contributed by atoms with van der Waals surface area (Å²) >= 11 is 7.26. The molecule has 4 nitrogen and oxygen atoms in total. The van der Waals surface area contributed by atoms with E-state index in [1.165, 1.54) is 11.3 Å². The second kappa shape index (κ2) is 6.03. The van der Waals surface area contributed by atoms with Crippen molar-refractivity contribution in [1.29, 1.82) is 0 Å². The van der Waals surface area contributed by atoms with Crippen LogP contribution in [0.15, 0.2) is 53.5 Å². The molecule has 3 aromatic rings. The molecule has 104 valence electrons. The molecular weight excluding hydrogens is 306 g/mol. The van der Waals surface area contributed by atoms with Crippen molar-refractivity contribution < 1.29 is 5.11 Å². The molecule has 0 aliphatic rings. The first kappa shape index (κ1) is 13.7. The summed E-state index contributed by atoms with van der Waals surface area (Å²) in [7, 11) is 0. The number of hydrogen-bond donors (Lipinski definition) is 1. The van der Waals surface area contributed by atoms with E-state index in [9.17, 15) is 5.11 Å². The van der Waals surface area contributed by atoms with E-state index >= 15 is 0 Å². The van der Waals surface area contributed by atoms with E-state index in [-0.39, 0.29) is 5.75 Å². The zero-order valence-electron chi connectivity index (χ0n) is 10.8. The Hall–Kier alpha value is -2.24. The molecule has 3 rings (SSSR count). The van der Waals surface area contributed by atoms with Crippen LogP contribution in [0.5, 0.6) is 5.75 Å². The van der Waals surface area contributed by atoms with Crippen LogP contribution in [-0.2, 0) is 0 Å². The summed E-state index contributed by atoms with van der Waals surface area (Å²) in [4.78, 5) is 4.28. The largest absolute Gasteiger partial charge is 0.508 e. The Bertz CT molecular complexity index is 766. The minimum absolute atomic E-state index is 0.230. The van der Waals surface area contributed by atoms with Gasteiger partial charge in [-0.1, -0.05) is 35.1 Å². The number of phenolic OH excluding ortho intramolecular Hbond substituents is 1. The number of phenols is 1. The molecule has 6 heteroatoms. The molecule has 21 heavy (non-hydrogen) atoms. The van der Waals surface area contributed by atoms with Gasteiger partial charge in [0.2, 0.25) is 5.13 Å². The zero-order valence-corrected chi connectivity index (χ0v) is 12.3. The second-order valence-electron chi connectivity index (χ2n) is 4.25. The van der Waals surface area contributed by atoms with Gasteiger partial charge in [-0.2, -0.15) is 0 Å². The van der Waals surface area contributed by atoms with E-state index in [0.717, 1.165) is 16.1 Å². The molecule has 0 amide bonds. The molecule has 0 spiro atoms. The van der Waals surface area contributed by atoms with Gasteiger partial charge in [0.15, 0.2) is 0 Å². The number of aromatic hydroxyl groups is 1. The third-order valence-corrected chi connectivity index (χ3v) is 3.85. The van der Waals surface area contributed by atoms with Crippen LogP contribution >= 0.6 is 22.9 Å². The monoisotopic (exact) mass is 315 g/mol. The molecule has 1 heterocycles. The highest BCUT2D eigenvalue weighted by atomic mass is 35.5. The van der Waals surface area contributed by atoms with E-state index in [0.29, 0.717) is 10.2 Å². The van der Waals surface area contributed by atoms with Crippen molar-refractivity contribution in [2.24, 2.45) is 4.99 Å². The Morgan fingerprint density at radius 3 is 2.43 bits per heavy atom. The van der Waals surface area contributed by atoms with E-state index in [4.69, 9.17) is 11.6 Å². The fourth-order valence-electron chi connectivity index (χ4n) is 1.67. The van der Waals surface area contributed by atoms with Crippen LogP contribution in [0.4, 0.5) is 5.13 Å². The number of halogens is 1. The van der Waals surface area contributed by atoms with Gasteiger partial charge in [-0.05, 0) is 42.0 Å². The zero-order chi connectivity index (χ0) is 14.7. The second-order valence-corrected chi connectivity index (χ2v) is 5.64. The van der Waals surface area contributed by atoms with Gasteiger partial charge < -0.3 is 5.11 Å². The Morgan fingerprint density at radius 1 is 1.00 bits per heavy atom. The van der Waals surface area contributed by atoms with Gasteiger partial charge in [0.25, 0.3) is 0 Å². The van der Waals surface area contributed by atoms with Crippen LogP contribution in [0.2, 0.25) is 5.02 Å². The topological polar surface area (TPSA) is 58.4 Å². The first-order valence-corrected chi connectivity index (χ1v) is 7.33. The van der Waals surface area contributed by atoms with E-state index in [1.54, 1.807) is 30.5 Å². The predicted molar refractivity (Wildman–Crippen MR) is 85.7 cm³/mol. The van der Waals surface area contributed by atoms with Gasteiger partial charge in [-0.15, -0.1) is 10.2 Å². The maximum atomic E-state index is 9.22. The molecule has 0 bridgehead atoms. The van der Waals surface area contributed by atoms with Crippen LogP contribution in [0, 0.1) is 0 Å². The lowest BCUT2D eigenvalue weighted by Crippen LogP contribution is -1.78. The molecule has 1 N–H and O–H groups in total. The molecule has 0 saturated heterocycles. The predicted octanol–water partition coefficient (Wildman–Crippen LogP) is 4.31. The first-order valence-electron chi connectivity index (χ1n) is 6.13. The highest BCUT2D eigenvalue weighted by Crippen LogP contribution is 2.28. The summed E-state index contributed by atoms with van der Waals surface area (Å²) in [6.45, 7) is 0. The molecule has 0 atom stereocenters. The number of hydrogen-bond acceptors (Lipinski definition) is 5. The molecule has 0 unspecified atom stereocenters. The molecular formula is C15H10ClN3OS. The van der Waals surface area contributed by atoms with Crippen molar-refractivity contribution in [3.63, 3.8) is 0 Å². The summed E-state index contributed by atoms with van der Waals surface area (Å²) in [5.41, 5.74) is 1.85. The number of rotatable bonds is 3. The fourth-order valence-corrected chi connectivity index (χ4v) is 2.49. The van der Waals surface area contributed by atoms with Gasteiger partial charge >= 0.3 is 0 Å². The SMILES string of the molecule is Oc1ccc(/C=N/c2nnc(-c3ccc(Cl)cc3)s2)cc1. The van der Waals surface area contributed by atoms with Gasteiger partial charge in [0.05, 0.1) is 0 Å². The van der Waals surface area contributed by atoms with Crippen molar-refractivity contribution >= 4 is 34.3 Å². The Labute approximate surface area is 130 Å². The molecule has 0 aliphatic heterocycles. The summed E-state index contributed by atoms with van der Waals surface area (Å²) in [6, 6.07) is 14.2. The van der Waals surface area contributed by atoms with Gasteiger partial charge in [0.1, 0.15) is 10.8 Å². The third kappa shape index (κ3) is 3.45. The van der Waals surface area contributed by atoms with Crippen molar-refractivity contribution in [1.82, 2.24) is 10.2 Å². The van der Waals surface area contributed by atoms with E-state index < -0.39 is 0 Å². The average molecular weight is 316 g/mol. The Kier molecular flexibility index (Phi) is 3.94. The minimum Gasteiger partial charge on any atom is -0.508 e. The van der Waals surface area contributed by atoms with Crippen molar-refractivity contribution in [3.8, 4) is 16.3 Å². The van der Waals surface area contributed by atoms with E-state index in [2.05, 4.69) is 15.2 Å². The van der Waals surface area contributed by atoms with E-state index in [1.807, 2.05) is 24.3 Å². The maximum absolute atomic E-state index is 9.22. The average Bonchev–Trinajstić information content (AvgIpc) is 2.96. The molecule has 0 aliphatic carbocycles. The lowest BCUT2D eigenvalue weighted by atomic mass is 10.2. The van der Waals surface area contributed by atoms with Crippen molar-refractivity contribution in [3.05, 3.63) is 59.1 Å². The number of aromatic nitrogens is 2. The van der Waals surface area contributed by atoms with Gasteiger partial charge in [-0.25, -0.2) is 4.99 Å². The minimum atomic E-state index is 0.230. The normalized spacial score (nSPS) is 11.1. The highest BCUT2D eigenvalue weighted by Gasteiger charge is 2.05. The van der Waals surface area contributed by atoms with Crippen LogP contribution in [0.25, 0.3) is 10.6 Å². The molecule has 1 aromatic heterocycles. The smallest absolute Gasteiger partial charge is 0.231 e. The third-order valence-electron chi connectivity index (χ3n) is 2.72. The quantitative estimate of drug-likeness (QED) is 0.732. The molecule has 2 aromatic carbocycles. The lowest BCUT2D eigenvalue weighted by molar-refractivity contribution is 0.475. The van der Waals surface area contributed by atoms with Crippen LogP contribution < -0.4 is 0 Å². The van der Waals surface area contributed by atoms with Crippen LogP contribution in [-0.4, -0.2) is 21.5 Å².